The number of hydrogen-bond acceptors (Lipinski definition) is 4. The molecule has 5 atom stereocenters. The van der Waals surface area contributed by atoms with Crippen molar-refractivity contribution in [2.24, 2.45) is 5.41 Å². The van der Waals surface area contributed by atoms with Crippen molar-refractivity contribution < 1.29 is 23.1 Å². The highest BCUT2D eigenvalue weighted by molar-refractivity contribution is 7.91. The quantitative estimate of drug-likeness (QED) is 0.403. The number of hydrogen-bond donors (Lipinski definition) is 1. The Morgan fingerprint density at radius 2 is 1.72 bits per heavy atom. The van der Waals surface area contributed by atoms with E-state index in [1.54, 1.807) is 36.9 Å². The molecule has 0 saturated carbocycles. The molecule has 1 heterocycles. The number of carboxylic acid groups (broad SMARTS) is 1. The van der Waals surface area contributed by atoms with Crippen molar-refractivity contribution in [3.63, 3.8) is 0 Å². The Balaban J connectivity index is 2.32. The first-order chi connectivity index (χ1) is 16.8. The Morgan fingerprint density at radius 1 is 1.08 bits per heavy atom. The molecule has 0 aromatic heterocycles. The van der Waals surface area contributed by atoms with Crippen LogP contribution in [0.5, 0.6) is 0 Å². The topological polar surface area (TPSA) is 91.8 Å². The zero-order valence-corrected chi connectivity index (χ0v) is 23.3. The van der Waals surface area contributed by atoms with Crippen molar-refractivity contribution in [2.75, 3.05) is 6.26 Å². The van der Waals surface area contributed by atoms with E-state index in [9.17, 15) is 23.1 Å². The summed E-state index contributed by atoms with van der Waals surface area (Å²) in [5, 5.41) is 10.00. The van der Waals surface area contributed by atoms with Gasteiger partial charge >= 0.3 is 5.97 Å². The Kier molecular flexibility index (Phi) is 8.79. The second-order valence-corrected chi connectivity index (χ2v) is 13.1. The first kappa shape index (κ1) is 28.5. The lowest BCUT2D eigenvalue weighted by atomic mass is 9.67. The highest BCUT2D eigenvalue weighted by Crippen LogP contribution is 2.52. The van der Waals surface area contributed by atoms with Crippen molar-refractivity contribution >= 4 is 44.9 Å². The number of piperidine rings is 1. The van der Waals surface area contributed by atoms with E-state index < -0.39 is 38.6 Å². The van der Waals surface area contributed by atoms with Gasteiger partial charge in [-0.3, -0.25) is 9.59 Å². The van der Waals surface area contributed by atoms with Gasteiger partial charge in [0.1, 0.15) is 0 Å². The van der Waals surface area contributed by atoms with Crippen molar-refractivity contribution in [3.05, 3.63) is 69.7 Å². The fourth-order valence-electron chi connectivity index (χ4n) is 5.74. The zero-order chi connectivity index (χ0) is 26.8. The average molecular weight is 555 g/mol. The van der Waals surface area contributed by atoms with Crippen LogP contribution in [0, 0.1) is 5.41 Å². The van der Waals surface area contributed by atoms with Crippen molar-refractivity contribution in [1.82, 2.24) is 4.90 Å². The van der Waals surface area contributed by atoms with Gasteiger partial charge in [-0.1, -0.05) is 68.2 Å². The van der Waals surface area contributed by atoms with E-state index in [0.29, 0.717) is 22.9 Å². The molecular formula is C27H33Cl2NO5S. The number of amides is 1. The molecule has 1 amide bonds. The number of sulfone groups is 1. The monoisotopic (exact) mass is 553 g/mol. The number of nitrogens with zero attached hydrogens (tertiary/aromatic N) is 1. The first-order valence-electron chi connectivity index (χ1n) is 12.1. The van der Waals surface area contributed by atoms with Gasteiger partial charge in [-0.2, -0.15) is 0 Å². The fourth-order valence-corrected chi connectivity index (χ4v) is 7.57. The van der Waals surface area contributed by atoms with Gasteiger partial charge in [-0.15, -0.1) is 0 Å². The van der Waals surface area contributed by atoms with Gasteiger partial charge in [0.25, 0.3) is 0 Å². The number of aliphatic carboxylic acids is 1. The fraction of sp³-hybridized carbons (Fsp3) is 0.481. The molecule has 2 aromatic carbocycles. The van der Waals surface area contributed by atoms with Crippen LogP contribution in [-0.4, -0.2) is 47.8 Å². The maximum absolute atomic E-state index is 14.2. The highest BCUT2D eigenvalue weighted by atomic mass is 35.5. The number of halogens is 2. The molecule has 1 aliphatic heterocycles. The van der Waals surface area contributed by atoms with Crippen LogP contribution < -0.4 is 0 Å². The van der Waals surface area contributed by atoms with E-state index in [-0.39, 0.29) is 24.7 Å². The first-order valence-corrected chi connectivity index (χ1v) is 14.8. The van der Waals surface area contributed by atoms with Crippen molar-refractivity contribution in [2.45, 2.75) is 69.7 Å². The molecule has 0 radical (unpaired) electrons. The standard InChI is InChI=1S/C27H33Cl2NO5S/c1-5-22(23(6-2)36(4,34)35)30-25(17-10-12-19(28)13-11-17)21(18-8-7-9-20(29)14-18)15-27(3,26(30)33)16-24(31)32/h7-14,21-23,25H,5-6,15-16H2,1-4H3,(H,31,32)/t21-,22+,23-,25-,27-/m1/s1. The summed E-state index contributed by atoms with van der Waals surface area (Å²) in [6.07, 6.45) is 1.83. The third-order valence-corrected chi connectivity index (χ3v) is 9.52. The van der Waals surface area contributed by atoms with E-state index in [2.05, 4.69) is 0 Å². The minimum atomic E-state index is -3.51. The molecule has 0 bridgehead atoms. The van der Waals surface area contributed by atoms with Gasteiger partial charge < -0.3 is 10.0 Å². The van der Waals surface area contributed by atoms with Crippen LogP contribution in [0.15, 0.2) is 48.5 Å². The average Bonchev–Trinajstić information content (AvgIpc) is 2.78. The van der Waals surface area contributed by atoms with Crippen LogP contribution in [0.3, 0.4) is 0 Å². The predicted octanol–water partition coefficient (Wildman–Crippen LogP) is 6.13. The number of carbonyl (C=O) groups excluding carboxylic acids is 1. The van der Waals surface area contributed by atoms with Gasteiger partial charge in [0.15, 0.2) is 9.84 Å². The van der Waals surface area contributed by atoms with Gasteiger partial charge in [0, 0.05) is 28.3 Å². The summed E-state index contributed by atoms with van der Waals surface area (Å²) in [4.78, 5) is 27.8. The van der Waals surface area contributed by atoms with Gasteiger partial charge in [0.05, 0.1) is 23.1 Å². The summed E-state index contributed by atoms with van der Waals surface area (Å²) in [6.45, 7) is 5.33. The van der Waals surface area contributed by atoms with Crippen LogP contribution in [0.4, 0.5) is 0 Å². The normalized spacial score (nSPS) is 24.4. The molecule has 196 valence electrons. The number of carboxylic acids is 1. The van der Waals surface area contributed by atoms with E-state index >= 15 is 0 Å². The zero-order valence-electron chi connectivity index (χ0n) is 20.9. The van der Waals surface area contributed by atoms with Crippen LogP contribution in [0.25, 0.3) is 0 Å². The number of likely N-dealkylation sites (tertiary alicyclic amines) is 1. The molecular weight excluding hydrogens is 521 g/mol. The van der Waals surface area contributed by atoms with E-state index in [4.69, 9.17) is 23.2 Å². The Bertz CT molecular complexity index is 1220. The van der Waals surface area contributed by atoms with Crippen molar-refractivity contribution in [3.8, 4) is 0 Å². The highest BCUT2D eigenvalue weighted by Gasteiger charge is 2.53. The molecule has 0 spiro atoms. The second kappa shape index (κ2) is 11.1. The van der Waals surface area contributed by atoms with Gasteiger partial charge in [0.2, 0.25) is 5.91 Å². The van der Waals surface area contributed by atoms with Gasteiger partial charge in [-0.25, -0.2) is 8.42 Å². The van der Waals surface area contributed by atoms with Gasteiger partial charge in [-0.05, 0) is 54.7 Å². The Hall–Kier alpha value is -2.09. The Morgan fingerprint density at radius 3 is 2.22 bits per heavy atom. The van der Waals surface area contributed by atoms with Crippen LogP contribution in [0.1, 0.15) is 69.5 Å². The molecule has 1 saturated heterocycles. The number of benzene rings is 2. The number of rotatable bonds is 9. The molecule has 9 heteroatoms. The maximum atomic E-state index is 14.2. The lowest BCUT2D eigenvalue weighted by Crippen LogP contribution is -2.59. The lowest BCUT2D eigenvalue weighted by molar-refractivity contribution is -0.160. The third kappa shape index (κ3) is 5.90. The summed E-state index contributed by atoms with van der Waals surface area (Å²) < 4.78 is 25.7. The summed E-state index contributed by atoms with van der Waals surface area (Å²) in [6, 6.07) is 13.3. The summed E-state index contributed by atoms with van der Waals surface area (Å²) in [5.41, 5.74) is 0.432. The predicted molar refractivity (Wildman–Crippen MR) is 143 cm³/mol. The van der Waals surface area contributed by atoms with Crippen LogP contribution >= 0.6 is 23.2 Å². The van der Waals surface area contributed by atoms with Crippen LogP contribution in [0.2, 0.25) is 10.0 Å². The molecule has 3 rings (SSSR count). The molecule has 0 aliphatic carbocycles. The van der Waals surface area contributed by atoms with Crippen LogP contribution in [-0.2, 0) is 19.4 Å². The maximum Gasteiger partial charge on any atom is 0.304 e. The smallest absolute Gasteiger partial charge is 0.304 e. The molecule has 1 fully saturated rings. The minimum Gasteiger partial charge on any atom is -0.481 e. The van der Waals surface area contributed by atoms with E-state index in [1.165, 1.54) is 6.26 Å². The second-order valence-electron chi connectivity index (χ2n) is 9.96. The molecule has 0 unspecified atom stereocenters. The largest absolute Gasteiger partial charge is 0.481 e. The molecule has 1 N–H and O–H groups in total. The lowest BCUT2D eigenvalue weighted by Gasteiger charge is -2.53. The molecule has 1 aliphatic rings. The summed E-state index contributed by atoms with van der Waals surface area (Å²) >= 11 is 12.5. The van der Waals surface area contributed by atoms with E-state index in [0.717, 1.165) is 11.1 Å². The number of carbonyl (C=O) groups is 2. The Labute approximate surface area is 223 Å². The minimum absolute atomic E-state index is 0.272. The summed E-state index contributed by atoms with van der Waals surface area (Å²) in [5.74, 6) is -1.75. The molecule has 36 heavy (non-hydrogen) atoms. The SMILES string of the molecule is CC[C@H]([C@H](CC)N1C(=O)[C@@](C)(CC(=O)O)C[C@H](c2cccc(Cl)c2)[C@H]1c1ccc(Cl)cc1)S(C)(=O)=O. The molecule has 6 nitrogen and oxygen atoms in total. The summed E-state index contributed by atoms with van der Waals surface area (Å²) in [7, 11) is -3.51. The van der Waals surface area contributed by atoms with Crippen molar-refractivity contribution in [1.29, 1.82) is 0 Å². The third-order valence-electron chi connectivity index (χ3n) is 7.29. The van der Waals surface area contributed by atoms with E-state index in [1.807, 2.05) is 37.3 Å². The molecule has 2 aromatic rings.